The molecule has 0 fully saturated rings. The second kappa shape index (κ2) is 7.49. The first-order chi connectivity index (χ1) is 9.35. The van der Waals surface area contributed by atoms with Gasteiger partial charge >= 0.3 is 12.0 Å². The van der Waals surface area contributed by atoms with Gasteiger partial charge in [-0.1, -0.05) is 6.92 Å². The van der Waals surface area contributed by atoms with E-state index in [1.807, 2.05) is 0 Å². The van der Waals surface area contributed by atoms with Gasteiger partial charge in [0.2, 0.25) is 0 Å². The molecule has 8 heteroatoms. The van der Waals surface area contributed by atoms with Crippen LogP contribution < -0.4 is 15.4 Å². The lowest BCUT2D eigenvalue weighted by atomic mass is 10.2. The van der Waals surface area contributed by atoms with Crippen LogP contribution >= 0.6 is 31.9 Å². The van der Waals surface area contributed by atoms with Crippen LogP contribution in [0.3, 0.4) is 0 Å². The molecule has 110 valence electrons. The van der Waals surface area contributed by atoms with Gasteiger partial charge in [0.15, 0.2) is 0 Å². The van der Waals surface area contributed by atoms with E-state index in [2.05, 4.69) is 42.5 Å². The van der Waals surface area contributed by atoms with Gasteiger partial charge in [-0.05, 0) is 37.9 Å². The molecule has 2 amide bonds. The van der Waals surface area contributed by atoms with Crippen molar-refractivity contribution < 1.29 is 19.4 Å². The number of benzene rings is 1. The molecule has 0 aromatic heterocycles. The first kappa shape index (κ1) is 16.8. The number of halogens is 2. The lowest BCUT2D eigenvalue weighted by molar-refractivity contribution is -0.140. The SMILES string of the molecule is COc1cc(NC(=O)NCC(C)C(=O)O)c(Br)cc1Br. The predicted octanol–water partition coefficient (Wildman–Crippen LogP) is 3.06. The highest BCUT2D eigenvalue weighted by Crippen LogP contribution is 2.34. The Morgan fingerprint density at radius 3 is 2.55 bits per heavy atom. The molecule has 1 unspecified atom stereocenters. The molecule has 20 heavy (non-hydrogen) atoms. The number of rotatable bonds is 5. The van der Waals surface area contributed by atoms with Gasteiger partial charge in [-0.3, -0.25) is 4.79 Å². The molecule has 1 aromatic rings. The minimum Gasteiger partial charge on any atom is -0.495 e. The fourth-order valence-electron chi connectivity index (χ4n) is 1.28. The van der Waals surface area contributed by atoms with E-state index in [4.69, 9.17) is 9.84 Å². The number of carbonyl (C=O) groups is 2. The largest absolute Gasteiger partial charge is 0.495 e. The third-order valence-electron chi connectivity index (χ3n) is 2.48. The number of amides is 2. The van der Waals surface area contributed by atoms with Gasteiger partial charge in [-0.25, -0.2) is 4.79 Å². The van der Waals surface area contributed by atoms with Crippen molar-refractivity contribution >= 4 is 49.5 Å². The number of carboxylic acid groups (broad SMARTS) is 1. The summed E-state index contributed by atoms with van der Waals surface area (Å²) in [6.45, 7) is 1.56. The molecule has 0 saturated heterocycles. The summed E-state index contributed by atoms with van der Waals surface area (Å²) in [6.07, 6.45) is 0. The highest BCUT2D eigenvalue weighted by atomic mass is 79.9. The van der Waals surface area contributed by atoms with Crippen LogP contribution in [0.5, 0.6) is 5.75 Å². The van der Waals surface area contributed by atoms with Gasteiger partial charge in [0.25, 0.3) is 0 Å². The maximum Gasteiger partial charge on any atom is 0.319 e. The van der Waals surface area contributed by atoms with Crippen molar-refractivity contribution in [2.75, 3.05) is 19.0 Å². The quantitative estimate of drug-likeness (QED) is 0.697. The fourth-order valence-corrected chi connectivity index (χ4v) is 2.54. The zero-order valence-electron chi connectivity index (χ0n) is 10.9. The summed E-state index contributed by atoms with van der Waals surface area (Å²) in [5, 5.41) is 13.8. The molecule has 0 aliphatic heterocycles. The monoisotopic (exact) mass is 408 g/mol. The van der Waals surface area contributed by atoms with Gasteiger partial charge in [0.1, 0.15) is 5.75 Å². The summed E-state index contributed by atoms with van der Waals surface area (Å²) in [4.78, 5) is 22.3. The van der Waals surface area contributed by atoms with E-state index in [1.165, 1.54) is 14.0 Å². The molecule has 0 aliphatic rings. The van der Waals surface area contributed by atoms with Crippen molar-refractivity contribution in [3.63, 3.8) is 0 Å². The number of carbonyl (C=O) groups excluding carboxylic acids is 1. The molecule has 0 spiro atoms. The number of nitrogens with one attached hydrogen (secondary N) is 2. The maximum atomic E-state index is 11.7. The Labute approximate surface area is 133 Å². The molecule has 0 saturated carbocycles. The van der Waals surface area contributed by atoms with Crippen LogP contribution in [0.1, 0.15) is 6.92 Å². The number of ether oxygens (including phenoxy) is 1. The van der Waals surface area contributed by atoms with Gasteiger partial charge in [0.05, 0.1) is 23.2 Å². The predicted molar refractivity (Wildman–Crippen MR) is 82.2 cm³/mol. The van der Waals surface area contributed by atoms with Crippen LogP contribution in [-0.2, 0) is 4.79 Å². The van der Waals surface area contributed by atoms with Crippen LogP contribution in [-0.4, -0.2) is 30.8 Å². The smallest absolute Gasteiger partial charge is 0.319 e. The molecule has 1 aromatic carbocycles. The van der Waals surface area contributed by atoms with Crippen LogP contribution in [0.25, 0.3) is 0 Å². The van der Waals surface area contributed by atoms with Crippen LogP contribution in [0, 0.1) is 5.92 Å². The highest BCUT2D eigenvalue weighted by molar-refractivity contribution is 9.11. The summed E-state index contributed by atoms with van der Waals surface area (Å²) in [5.41, 5.74) is 0.519. The second-order valence-electron chi connectivity index (χ2n) is 4.04. The topological polar surface area (TPSA) is 87.7 Å². The molecule has 3 N–H and O–H groups in total. The molecule has 0 aliphatic carbocycles. The zero-order chi connectivity index (χ0) is 15.3. The first-order valence-electron chi connectivity index (χ1n) is 5.65. The van der Waals surface area contributed by atoms with Crippen molar-refractivity contribution in [3.8, 4) is 5.75 Å². The van der Waals surface area contributed by atoms with Crippen molar-refractivity contribution in [2.24, 2.45) is 5.92 Å². The van der Waals surface area contributed by atoms with Gasteiger partial charge < -0.3 is 20.5 Å². The van der Waals surface area contributed by atoms with E-state index in [9.17, 15) is 9.59 Å². The number of anilines is 1. The number of urea groups is 1. The molecular weight excluding hydrogens is 396 g/mol. The Morgan fingerprint density at radius 1 is 1.35 bits per heavy atom. The lowest BCUT2D eigenvalue weighted by Crippen LogP contribution is -2.34. The second-order valence-corrected chi connectivity index (χ2v) is 5.75. The Balaban J connectivity index is 2.69. The summed E-state index contributed by atoms with van der Waals surface area (Å²) >= 11 is 6.64. The molecule has 6 nitrogen and oxygen atoms in total. The molecule has 0 radical (unpaired) electrons. The summed E-state index contributed by atoms with van der Waals surface area (Å²) in [7, 11) is 1.52. The van der Waals surface area contributed by atoms with Crippen LogP contribution in [0.4, 0.5) is 10.5 Å². The minimum absolute atomic E-state index is 0.0481. The first-order valence-corrected chi connectivity index (χ1v) is 7.24. The lowest BCUT2D eigenvalue weighted by Gasteiger charge is -2.13. The van der Waals surface area contributed by atoms with Crippen molar-refractivity contribution in [1.82, 2.24) is 5.32 Å². The van der Waals surface area contributed by atoms with Gasteiger partial charge in [-0.2, -0.15) is 0 Å². The fraction of sp³-hybridized carbons (Fsp3) is 0.333. The zero-order valence-corrected chi connectivity index (χ0v) is 14.0. The van der Waals surface area contributed by atoms with Gasteiger partial charge in [-0.15, -0.1) is 0 Å². The van der Waals surface area contributed by atoms with E-state index in [0.29, 0.717) is 15.9 Å². The van der Waals surface area contributed by atoms with Crippen molar-refractivity contribution in [3.05, 3.63) is 21.1 Å². The average molecular weight is 410 g/mol. The Bertz CT molecular complexity index is 522. The third-order valence-corrected chi connectivity index (χ3v) is 3.76. The van der Waals surface area contributed by atoms with Crippen LogP contribution in [0.2, 0.25) is 0 Å². The van der Waals surface area contributed by atoms with E-state index in [1.54, 1.807) is 12.1 Å². The Hall–Kier alpha value is -1.28. The maximum absolute atomic E-state index is 11.7. The normalized spacial score (nSPS) is 11.6. The number of carboxylic acids is 1. The number of methoxy groups -OCH3 is 1. The molecule has 1 atom stereocenters. The van der Waals surface area contributed by atoms with Crippen LogP contribution in [0.15, 0.2) is 21.1 Å². The number of aliphatic carboxylic acids is 1. The summed E-state index contributed by atoms with van der Waals surface area (Å²) in [5.74, 6) is -1.04. The summed E-state index contributed by atoms with van der Waals surface area (Å²) < 4.78 is 6.56. The van der Waals surface area contributed by atoms with E-state index in [0.717, 1.165) is 4.47 Å². The van der Waals surface area contributed by atoms with Crippen molar-refractivity contribution in [2.45, 2.75) is 6.92 Å². The summed E-state index contributed by atoms with van der Waals surface area (Å²) in [6, 6.07) is 2.91. The molecule has 1 rings (SSSR count). The third kappa shape index (κ3) is 4.68. The van der Waals surface area contributed by atoms with E-state index in [-0.39, 0.29) is 6.54 Å². The van der Waals surface area contributed by atoms with Gasteiger partial charge in [0, 0.05) is 17.1 Å². The van der Waals surface area contributed by atoms with E-state index < -0.39 is 17.9 Å². The number of hydrogen-bond acceptors (Lipinski definition) is 3. The molecular formula is C12H14Br2N2O4. The average Bonchev–Trinajstić information content (AvgIpc) is 2.38. The molecule has 0 heterocycles. The standard InChI is InChI=1S/C12H14Br2N2O4/c1-6(11(17)18)5-15-12(19)16-9-4-10(20-2)8(14)3-7(9)13/h3-4,6H,5H2,1-2H3,(H,17,18)(H2,15,16,19). The Kier molecular flexibility index (Phi) is 6.28. The Morgan fingerprint density at radius 2 is 2.00 bits per heavy atom. The minimum atomic E-state index is -0.961. The number of hydrogen-bond donors (Lipinski definition) is 3. The van der Waals surface area contributed by atoms with Crippen molar-refractivity contribution in [1.29, 1.82) is 0 Å². The molecule has 0 bridgehead atoms. The van der Waals surface area contributed by atoms with E-state index >= 15 is 0 Å². The highest BCUT2D eigenvalue weighted by Gasteiger charge is 2.13.